The van der Waals surface area contributed by atoms with Crippen LogP contribution in [-0.4, -0.2) is 24.1 Å². The summed E-state index contributed by atoms with van der Waals surface area (Å²) >= 11 is 1.73. The number of hydrogen-bond donors (Lipinski definition) is 2. The maximum atomic E-state index is 6.04. The number of fused-ring (bicyclic) bond motifs is 1. The van der Waals surface area contributed by atoms with E-state index in [1.54, 1.807) is 11.3 Å². The molecule has 0 amide bonds. The lowest BCUT2D eigenvalue weighted by Crippen LogP contribution is -2.37. The lowest BCUT2D eigenvalue weighted by atomic mass is 10.0. The van der Waals surface area contributed by atoms with Crippen molar-refractivity contribution < 1.29 is 4.74 Å². The third-order valence-corrected chi connectivity index (χ3v) is 5.09. The Balaban J connectivity index is 1.58. The van der Waals surface area contributed by atoms with E-state index in [9.17, 15) is 0 Å². The Morgan fingerprint density at radius 2 is 2.26 bits per heavy atom. The van der Waals surface area contributed by atoms with Gasteiger partial charge < -0.3 is 15.8 Å². The van der Waals surface area contributed by atoms with Gasteiger partial charge in [0.1, 0.15) is 5.75 Å². The first-order valence-corrected chi connectivity index (χ1v) is 8.66. The number of thiazole rings is 1. The third kappa shape index (κ3) is 3.82. The molecule has 1 aromatic carbocycles. The molecule has 1 unspecified atom stereocenters. The van der Waals surface area contributed by atoms with E-state index in [2.05, 4.69) is 28.3 Å². The quantitative estimate of drug-likeness (QED) is 0.668. The zero-order valence-corrected chi connectivity index (χ0v) is 14.3. The maximum absolute atomic E-state index is 6.04. The van der Waals surface area contributed by atoms with Gasteiger partial charge in [-0.3, -0.25) is 4.99 Å². The second-order valence-electron chi connectivity index (χ2n) is 5.64. The molecule has 0 radical (unpaired) electrons. The molecular weight excluding hydrogens is 308 g/mol. The molecule has 0 spiro atoms. The summed E-state index contributed by atoms with van der Waals surface area (Å²) in [5.41, 5.74) is 8.29. The van der Waals surface area contributed by atoms with E-state index in [1.807, 2.05) is 25.1 Å². The SMILES string of the molecule is Cc1nc(CCN=C(N)NC2CCOc3ccccc32)sc1C. The van der Waals surface area contributed by atoms with Crippen molar-refractivity contribution in [1.82, 2.24) is 10.3 Å². The summed E-state index contributed by atoms with van der Waals surface area (Å²) in [5.74, 6) is 1.41. The van der Waals surface area contributed by atoms with Crippen molar-refractivity contribution in [3.63, 3.8) is 0 Å². The molecule has 3 N–H and O–H groups in total. The summed E-state index contributed by atoms with van der Waals surface area (Å²) in [5, 5.41) is 4.43. The average Bonchev–Trinajstić information content (AvgIpc) is 2.86. The van der Waals surface area contributed by atoms with Gasteiger partial charge in [-0.05, 0) is 19.9 Å². The van der Waals surface area contributed by atoms with Gasteiger partial charge in [-0.2, -0.15) is 0 Å². The third-order valence-electron chi connectivity index (χ3n) is 3.96. The second kappa shape index (κ2) is 7.00. The van der Waals surface area contributed by atoms with Gasteiger partial charge >= 0.3 is 0 Å². The first kappa shape index (κ1) is 15.8. The smallest absolute Gasteiger partial charge is 0.189 e. The van der Waals surface area contributed by atoms with E-state index in [-0.39, 0.29) is 6.04 Å². The van der Waals surface area contributed by atoms with Gasteiger partial charge in [-0.25, -0.2) is 4.98 Å². The van der Waals surface area contributed by atoms with Crippen LogP contribution >= 0.6 is 11.3 Å². The minimum atomic E-state index is 0.160. The van der Waals surface area contributed by atoms with Crippen LogP contribution in [0.15, 0.2) is 29.3 Å². The predicted molar refractivity (Wildman–Crippen MR) is 94.2 cm³/mol. The minimum absolute atomic E-state index is 0.160. The monoisotopic (exact) mass is 330 g/mol. The van der Waals surface area contributed by atoms with Crippen LogP contribution in [0.5, 0.6) is 5.75 Å². The first-order valence-electron chi connectivity index (χ1n) is 7.84. The molecule has 5 nitrogen and oxygen atoms in total. The molecule has 0 fully saturated rings. The minimum Gasteiger partial charge on any atom is -0.493 e. The van der Waals surface area contributed by atoms with Crippen molar-refractivity contribution in [2.75, 3.05) is 13.2 Å². The van der Waals surface area contributed by atoms with Crippen molar-refractivity contribution in [2.24, 2.45) is 10.7 Å². The van der Waals surface area contributed by atoms with E-state index in [1.165, 1.54) is 4.88 Å². The molecule has 3 rings (SSSR count). The van der Waals surface area contributed by atoms with E-state index in [0.29, 0.717) is 19.1 Å². The van der Waals surface area contributed by atoms with Crippen LogP contribution < -0.4 is 15.8 Å². The van der Waals surface area contributed by atoms with Crippen molar-refractivity contribution in [3.05, 3.63) is 45.4 Å². The molecule has 0 bridgehead atoms. The average molecular weight is 330 g/mol. The fraction of sp³-hybridized carbons (Fsp3) is 0.412. The summed E-state index contributed by atoms with van der Waals surface area (Å²) in [6, 6.07) is 8.22. The zero-order chi connectivity index (χ0) is 16.2. The van der Waals surface area contributed by atoms with Gasteiger partial charge in [0.25, 0.3) is 0 Å². The topological polar surface area (TPSA) is 72.5 Å². The van der Waals surface area contributed by atoms with E-state index >= 15 is 0 Å². The van der Waals surface area contributed by atoms with Crippen LogP contribution in [0.2, 0.25) is 0 Å². The summed E-state index contributed by atoms with van der Waals surface area (Å²) in [6.45, 7) is 5.48. The molecule has 1 atom stereocenters. The standard InChI is InChI=1S/C17H22N4OS/c1-11-12(2)23-16(20-11)7-9-19-17(18)21-14-8-10-22-15-6-4-3-5-13(14)15/h3-6,14H,7-10H2,1-2H3,(H3,18,19,21). The van der Waals surface area contributed by atoms with Gasteiger partial charge in [0.2, 0.25) is 0 Å². The molecule has 23 heavy (non-hydrogen) atoms. The van der Waals surface area contributed by atoms with E-state index in [4.69, 9.17) is 10.5 Å². The number of guanidine groups is 1. The Morgan fingerprint density at radius 3 is 3.04 bits per heavy atom. The number of benzene rings is 1. The van der Waals surface area contributed by atoms with Crippen LogP contribution in [-0.2, 0) is 6.42 Å². The summed E-state index contributed by atoms with van der Waals surface area (Å²) in [7, 11) is 0. The molecule has 2 heterocycles. The fourth-order valence-electron chi connectivity index (χ4n) is 2.63. The molecule has 1 aliphatic heterocycles. The van der Waals surface area contributed by atoms with E-state index in [0.717, 1.165) is 34.9 Å². The Hall–Kier alpha value is -2.08. The lowest BCUT2D eigenvalue weighted by molar-refractivity contribution is 0.262. The van der Waals surface area contributed by atoms with Gasteiger partial charge in [0.15, 0.2) is 5.96 Å². The van der Waals surface area contributed by atoms with Crippen LogP contribution in [0, 0.1) is 13.8 Å². The summed E-state index contributed by atoms with van der Waals surface area (Å²) in [6.07, 6.45) is 1.71. The largest absolute Gasteiger partial charge is 0.493 e. The van der Waals surface area contributed by atoms with Crippen molar-refractivity contribution >= 4 is 17.3 Å². The van der Waals surface area contributed by atoms with Gasteiger partial charge in [-0.1, -0.05) is 18.2 Å². The number of nitrogens with two attached hydrogens (primary N) is 1. The van der Waals surface area contributed by atoms with Gasteiger partial charge in [0.05, 0.1) is 23.4 Å². The highest BCUT2D eigenvalue weighted by atomic mass is 32.1. The van der Waals surface area contributed by atoms with Gasteiger partial charge in [-0.15, -0.1) is 11.3 Å². The highest BCUT2D eigenvalue weighted by Crippen LogP contribution is 2.31. The highest BCUT2D eigenvalue weighted by Gasteiger charge is 2.21. The van der Waals surface area contributed by atoms with Crippen molar-refractivity contribution in [3.8, 4) is 5.75 Å². The molecule has 1 aliphatic rings. The maximum Gasteiger partial charge on any atom is 0.189 e. The second-order valence-corrected chi connectivity index (χ2v) is 6.93. The summed E-state index contributed by atoms with van der Waals surface area (Å²) < 4.78 is 5.66. The molecular formula is C17H22N4OS. The van der Waals surface area contributed by atoms with Crippen molar-refractivity contribution in [1.29, 1.82) is 0 Å². The number of rotatable bonds is 4. The number of nitrogens with zero attached hydrogens (tertiary/aromatic N) is 2. The Kier molecular flexibility index (Phi) is 4.81. The number of hydrogen-bond acceptors (Lipinski definition) is 4. The van der Waals surface area contributed by atoms with Crippen molar-refractivity contribution in [2.45, 2.75) is 32.7 Å². The normalized spacial score (nSPS) is 17.5. The molecule has 2 aromatic rings. The highest BCUT2D eigenvalue weighted by molar-refractivity contribution is 7.11. The Labute approximate surface area is 140 Å². The number of aromatic nitrogens is 1. The molecule has 1 aromatic heterocycles. The molecule has 122 valence electrons. The first-order chi connectivity index (χ1) is 11.1. The lowest BCUT2D eigenvalue weighted by Gasteiger charge is -2.26. The fourth-order valence-corrected chi connectivity index (χ4v) is 3.56. The molecule has 6 heteroatoms. The number of ether oxygens (including phenoxy) is 1. The molecule has 0 saturated carbocycles. The number of aliphatic imine (C=N–C) groups is 1. The number of nitrogens with one attached hydrogen (secondary N) is 1. The van der Waals surface area contributed by atoms with Crippen LogP contribution in [0.3, 0.4) is 0 Å². The Morgan fingerprint density at radius 1 is 1.43 bits per heavy atom. The van der Waals surface area contributed by atoms with Crippen LogP contribution in [0.4, 0.5) is 0 Å². The molecule has 0 aliphatic carbocycles. The van der Waals surface area contributed by atoms with Gasteiger partial charge in [0, 0.05) is 29.8 Å². The summed E-state index contributed by atoms with van der Waals surface area (Å²) in [4.78, 5) is 10.2. The van der Waals surface area contributed by atoms with Crippen LogP contribution in [0.25, 0.3) is 0 Å². The predicted octanol–water partition coefficient (Wildman–Crippen LogP) is 2.73. The van der Waals surface area contributed by atoms with Crippen LogP contribution in [0.1, 0.15) is 33.6 Å². The van der Waals surface area contributed by atoms with E-state index < -0.39 is 0 Å². The Bertz CT molecular complexity index is 691. The number of para-hydroxylation sites is 1. The zero-order valence-electron chi connectivity index (χ0n) is 13.5. The number of aryl methyl sites for hydroxylation is 2. The molecule has 0 saturated heterocycles.